The van der Waals surface area contributed by atoms with Gasteiger partial charge in [0.15, 0.2) is 0 Å². The van der Waals surface area contributed by atoms with E-state index in [0.29, 0.717) is 6.54 Å². The Morgan fingerprint density at radius 1 is 1.35 bits per heavy atom. The van der Waals surface area contributed by atoms with Crippen LogP contribution in [0.15, 0.2) is 24.3 Å². The Kier molecular flexibility index (Phi) is 5.57. The van der Waals surface area contributed by atoms with Gasteiger partial charge in [0.25, 0.3) is 0 Å². The first-order chi connectivity index (χ1) is 9.28. The van der Waals surface area contributed by atoms with E-state index >= 15 is 0 Å². The first kappa shape index (κ1) is 16.5. The zero-order chi connectivity index (χ0) is 15.3. The van der Waals surface area contributed by atoms with Gasteiger partial charge in [0, 0.05) is 24.8 Å². The lowest BCUT2D eigenvalue weighted by atomic mass is 9.99. The van der Waals surface area contributed by atoms with Crippen molar-refractivity contribution >= 4 is 11.6 Å². The number of benzene rings is 1. The van der Waals surface area contributed by atoms with Crippen molar-refractivity contribution in [3.63, 3.8) is 0 Å². The van der Waals surface area contributed by atoms with E-state index in [1.165, 1.54) is 5.56 Å². The molecule has 1 amide bonds. The summed E-state index contributed by atoms with van der Waals surface area (Å²) >= 11 is 0. The van der Waals surface area contributed by atoms with Crippen molar-refractivity contribution in [2.75, 3.05) is 18.0 Å². The normalized spacial score (nSPS) is 14.1. The van der Waals surface area contributed by atoms with E-state index in [1.54, 1.807) is 0 Å². The van der Waals surface area contributed by atoms with E-state index < -0.39 is 5.54 Å². The number of carbonyl (C=O) groups is 1. The number of nitrogens with two attached hydrogens (primary N) is 1. The average molecular weight is 277 g/mol. The molecule has 0 saturated carbocycles. The van der Waals surface area contributed by atoms with Crippen LogP contribution < -0.4 is 16.0 Å². The molecule has 4 nitrogen and oxygen atoms in total. The molecule has 0 spiro atoms. The summed E-state index contributed by atoms with van der Waals surface area (Å²) in [6.45, 7) is 11.4. The molecule has 112 valence electrons. The molecule has 1 aromatic carbocycles. The Hall–Kier alpha value is -1.55. The summed E-state index contributed by atoms with van der Waals surface area (Å²) in [5.41, 5.74) is 7.19. The van der Waals surface area contributed by atoms with Crippen molar-refractivity contribution in [1.82, 2.24) is 5.32 Å². The number of carbonyl (C=O) groups excluding carboxylic acids is 1. The third-order valence-electron chi connectivity index (χ3n) is 3.44. The van der Waals surface area contributed by atoms with Crippen LogP contribution in [0.4, 0.5) is 5.69 Å². The molecule has 1 atom stereocenters. The molecule has 0 aromatic heterocycles. The highest BCUT2D eigenvalue weighted by atomic mass is 16.1. The van der Waals surface area contributed by atoms with Crippen LogP contribution >= 0.6 is 0 Å². The van der Waals surface area contributed by atoms with Gasteiger partial charge in [0.1, 0.15) is 5.54 Å². The highest BCUT2D eigenvalue weighted by molar-refractivity contribution is 5.85. The van der Waals surface area contributed by atoms with Gasteiger partial charge in [-0.1, -0.05) is 17.7 Å². The number of primary amides is 1. The first-order valence-electron chi connectivity index (χ1n) is 7.17. The van der Waals surface area contributed by atoms with Crippen molar-refractivity contribution in [3.05, 3.63) is 29.8 Å². The molecule has 0 radical (unpaired) electrons. The van der Waals surface area contributed by atoms with Gasteiger partial charge in [-0.15, -0.1) is 0 Å². The van der Waals surface area contributed by atoms with Crippen molar-refractivity contribution in [1.29, 1.82) is 0 Å². The fraction of sp³-hybridized carbons (Fsp3) is 0.562. The lowest BCUT2D eigenvalue weighted by Crippen LogP contribution is -2.61. The maximum absolute atomic E-state index is 11.8. The fourth-order valence-electron chi connectivity index (χ4n) is 2.35. The van der Waals surface area contributed by atoms with Gasteiger partial charge in [0.2, 0.25) is 5.91 Å². The van der Waals surface area contributed by atoms with Gasteiger partial charge in [-0.05, 0) is 46.8 Å². The van der Waals surface area contributed by atoms with E-state index in [9.17, 15) is 4.79 Å². The molecule has 0 aliphatic carbocycles. The van der Waals surface area contributed by atoms with E-state index in [4.69, 9.17) is 5.73 Å². The second kappa shape index (κ2) is 6.75. The lowest BCUT2D eigenvalue weighted by molar-refractivity contribution is -0.123. The number of nitrogens with one attached hydrogen (secondary N) is 1. The summed E-state index contributed by atoms with van der Waals surface area (Å²) in [6.07, 6.45) is 0. The molecular formula is C16H27N3O. The molecule has 0 aliphatic heterocycles. The number of aryl methyl sites for hydroxylation is 1. The average Bonchev–Trinajstić information content (AvgIpc) is 2.36. The molecular weight excluding hydrogens is 250 g/mol. The van der Waals surface area contributed by atoms with Crippen molar-refractivity contribution < 1.29 is 4.79 Å². The van der Waals surface area contributed by atoms with Crippen molar-refractivity contribution in [2.24, 2.45) is 5.73 Å². The zero-order valence-electron chi connectivity index (χ0n) is 13.2. The third kappa shape index (κ3) is 4.23. The van der Waals surface area contributed by atoms with Crippen LogP contribution in [0.5, 0.6) is 0 Å². The van der Waals surface area contributed by atoms with E-state index in [0.717, 1.165) is 12.2 Å². The smallest absolute Gasteiger partial charge is 0.239 e. The third-order valence-corrected chi connectivity index (χ3v) is 3.44. The standard InChI is InChI=1S/C16H27N3O/c1-6-19(14-9-7-13(4)8-10-14)11-16(5,15(17)20)18-12(2)3/h7-10,12,18H,6,11H2,1-5H3,(H2,17,20). The van der Waals surface area contributed by atoms with Gasteiger partial charge >= 0.3 is 0 Å². The molecule has 0 aliphatic rings. The largest absolute Gasteiger partial charge is 0.369 e. The summed E-state index contributed by atoms with van der Waals surface area (Å²) in [5.74, 6) is -0.322. The molecule has 0 heterocycles. The van der Waals surface area contributed by atoms with Gasteiger partial charge in [0.05, 0.1) is 0 Å². The first-order valence-corrected chi connectivity index (χ1v) is 7.17. The zero-order valence-corrected chi connectivity index (χ0v) is 13.2. The van der Waals surface area contributed by atoms with E-state index in [1.807, 2.05) is 20.8 Å². The summed E-state index contributed by atoms with van der Waals surface area (Å²) in [5, 5.41) is 3.29. The van der Waals surface area contributed by atoms with Gasteiger partial charge in [-0.3, -0.25) is 10.1 Å². The molecule has 1 aromatic rings. The summed E-state index contributed by atoms with van der Waals surface area (Å²) < 4.78 is 0. The number of hydrogen-bond acceptors (Lipinski definition) is 3. The molecule has 1 rings (SSSR count). The predicted octanol–water partition coefficient (Wildman–Crippen LogP) is 2.06. The predicted molar refractivity (Wildman–Crippen MR) is 84.9 cm³/mol. The lowest BCUT2D eigenvalue weighted by Gasteiger charge is -2.36. The maximum Gasteiger partial charge on any atom is 0.239 e. The van der Waals surface area contributed by atoms with Crippen LogP contribution in [-0.4, -0.2) is 30.6 Å². The molecule has 0 saturated heterocycles. The second-order valence-electron chi connectivity index (χ2n) is 5.85. The minimum Gasteiger partial charge on any atom is -0.369 e. The van der Waals surface area contributed by atoms with Crippen LogP contribution in [0.3, 0.4) is 0 Å². The van der Waals surface area contributed by atoms with Crippen LogP contribution in [0.2, 0.25) is 0 Å². The summed E-state index contributed by atoms with van der Waals surface area (Å²) in [6, 6.07) is 8.51. The Balaban J connectivity index is 2.94. The topological polar surface area (TPSA) is 58.4 Å². The number of likely N-dealkylation sites (N-methyl/N-ethyl adjacent to an activating group) is 1. The number of nitrogens with zero attached hydrogens (tertiary/aromatic N) is 1. The van der Waals surface area contributed by atoms with Crippen LogP contribution in [0, 0.1) is 6.92 Å². The fourth-order valence-corrected chi connectivity index (χ4v) is 2.35. The highest BCUT2D eigenvalue weighted by Gasteiger charge is 2.33. The Labute approximate surface area is 122 Å². The van der Waals surface area contributed by atoms with Gasteiger partial charge in [-0.2, -0.15) is 0 Å². The summed E-state index contributed by atoms with van der Waals surface area (Å²) in [7, 11) is 0. The molecule has 20 heavy (non-hydrogen) atoms. The molecule has 4 heteroatoms. The molecule has 3 N–H and O–H groups in total. The minimum absolute atomic E-state index is 0.198. The van der Waals surface area contributed by atoms with E-state index in [2.05, 4.69) is 48.3 Å². The number of amides is 1. The monoisotopic (exact) mass is 277 g/mol. The van der Waals surface area contributed by atoms with Gasteiger partial charge in [-0.25, -0.2) is 0 Å². The van der Waals surface area contributed by atoms with Crippen molar-refractivity contribution in [2.45, 2.75) is 46.2 Å². The quantitative estimate of drug-likeness (QED) is 0.802. The van der Waals surface area contributed by atoms with Crippen LogP contribution in [0.25, 0.3) is 0 Å². The van der Waals surface area contributed by atoms with Crippen LogP contribution in [-0.2, 0) is 4.79 Å². The minimum atomic E-state index is -0.741. The maximum atomic E-state index is 11.8. The van der Waals surface area contributed by atoms with E-state index in [-0.39, 0.29) is 11.9 Å². The number of anilines is 1. The Morgan fingerprint density at radius 2 is 1.90 bits per heavy atom. The van der Waals surface area contributed by atoms with Gasteiger partial charge < -0.3 is 10.6 Å². The Morgan fingerprint density at radius 3 is 2.30 bits per heavy atom. The number of rotatable bonds is 7. The summed E-state index contributed by atoms with van der Waals surface area (Å²) in [4.78, 5) is 14.0. The SMILES string of the molecule is CCN(CC(C)(NC(C)C)C(N)=O)c1ccc(C)cc1. The molecule has 0 bridgehead atoms. The molecule has 1 unspecified atom stereocenters. The Bertz CT molecular complexity index is 442. The molecule has 0 fully saturated rings. The second-order valence-corrected chi connectivity index (χ2v) is 5.85. The highest BCUT2D eigenvalue weighted by Crippen LogP contribution is 2.18. The van der Waals surface area contributed by atoms with Crippen LogP contribution in [0.1, 0.15) is 33.3 Å². The number of hydrogen-bond donors (Lipinski definition) is 2. The van der Waals surface area contributed by atoms with Crippen molar-refractivity contribution in [3.8, 4) is 0 Å².